The van der Waals surface area contributed by atoms with Gasteiger partial charge < -0.3 is 10.5 Å². The summed E-state index contributed by atoms with van der Waals surface area (Å²) in [4.78, 5) is 4.46. The third-order valence-electron chi connectivity index (χ3n) is 3.15. The van der Waals surface area contributed by atoms with E-state index >= 15 is 0 Å². The molecule has 15 heavy (non-hydrogen) atoms. The standard InChI is InChI=1S/C12H14N2O/c13-5-3-8-1-2-10-12(8)9-4-6-15-11(9)7-14-10/h3,7H,1-2,4-6,13H2/b8-3+. The van der Waals surface area contributed by atoms with Gasteiger partial charge in [-0.15, -0.1) is 0 Å². The molecule has 0 saturated carbocycles. The number of aromatic nitrogens is 1. The van der Waals surface area contributed by atoms with Crippen molar-refractivity contribution in [2.45, 2.75) is 19.3 Å². The van der Waals surface area contributed by atoms with Crippen molar-refractivity contribution in [3.63, 3.8) is 0 Å². The molecule has 1 aromatic rings. The Kier molecular flexibility index (Phi) is 1.99. The summed E-state index contributed by atoms with van der Waals surface area (Å²) >= 11 is 0. The minimum atomic E-state index is 0.610. The molecule has 1 aliphatic heterocycles. The number of rotatable bonds is 1. The van der Waals surface area contributed by atoms with Gasteiger partial charge in [0.1, 0.15) is 5.75 Å². The van der Waals surface area contributed by atoms with E-state index in [4.69, 9.17) is 10.5 Å². The number of nitrogens with zero attached hydrogens (tertiary/aromatic N) is 1. The topological polar surface area (TPSA) is 48.1 Å². The van der Waals surface area contributed by atoms with Gasteiger partial charge in [0.05, 0.1) is 12.8 Å². The molecule has 1 aromatic heterocycles. The van der Waals surface area contributed by atoms with E-state index in [1.54, 1.807) is 0 Å². The van der Waals surface area contributed by atoms with E-state index in [-0.39, 0.29) is 0 Å². The monoisotopic (exact) mass is 202 g/mol. The summed E-state index contributed by atoms with van der Waals surface area (Å²) in [6.07, 6.45) is 7.13. The van der Waals surface area contributed by atoms with Crippen LogP contribution in [-0.4, -0.2) is 18.1 Å². The van der Waals surface area contributed by atoms with Crippen LogP contribution in [0, 0.1) is 0 Å². The van der Waals surface area contributed by atoms with Crippen molar-refractivity contribution in [3.8, 4) is 5.75 Å². The lowest BCUT2D eigenvalue weighted by molar-refractivity contribution is 0.355. The number of aryl methyl sites for hydroxylation is 1. The van der Waals surface area contributed by atoms with E-state index in [2.05, 4.69) is 11.1 Å². The van der Waals surface area contributed by atoms with Crippen LogP contribution in [0.1, 0.15) is 23.2 Å². The van der Waals surface area contributed by atoms with Crippen molar-refractivity contribution in [1.29, 1.82) is 0 Å². The first kappa shape index (κ1) is 8.92. The number of fused-ring (bicyclic) bond motifs is 3. The molecule has 0 bridgehead atoms. The third kappa shape index (κ3) is 1.27. The molecule has 3 rings (SSSR count). The van der Waals surface area contributed by atoms with Crippen molar-refractivity contribution in [2.24, 2.45) is 5.73 Å². The number of nitrogens with two attached hydrogens (primary N) is 1. The fraction of sp³-hybridized carbons (Fsp3) is 0.417. The Hall–Kier alpha value is -1.35. The molecule has 0 fully saturated rings. The molecular weight excluding hydrogens is 188 g/mol. The smallest absolute Gasteiger partial charge is 0.141 e. The molecule has 0 aromatic carbocycles. The molecule has 0 unspecified atom stereocenters. The molecule has 0 spiro atoms. The first-order valence-electron chi connectivity index (χ1n) is 5.43. The first-order chi connectivity index (χ1) is 7.40. The van der Waals surface area contributed by atoms with Crippen molar-refractivity contribution in [3.05, 3.63) is 29.1 Å². The molecule has 0 saturated heterocycles. The minimum Gasteiger partial charge on any atom is -0.491 e. The maximum Gasteiger partial charge on any atom is 0.141 e. The molecule has 78 valence electrons. The van der Waals surface area contributed by atoms with E-state index in [1.807, 2.05) is 6.20 Å². The van der Waals surface area contributed by atoms with Crippen molar-refractivity contribution in [1.82, 2.24) is 4.98 Å². The lowest BCUT2D eigenvalue weighted by Crippen LogP contribution is -1.96. The van der Waals surface area contributed by atoms with Crippen LogP contribution in [-0.2, 0) is 12.8 Å². The molecule has 3 nitrogen and oxygen atoms in total. The van der Waals surface area contributed by atoms with Crippen LogP contribution in [0.2, 0.25) is 0 Å². The zero-order chi connectivity index (χ0) is 10.3. The summed E-state index contributed by atoms with van der Waals surface area (Å²) < 4.78 is 5.53. The maximum absolute atomic E-state index is 5.58. The Labute approximate surface area is 89.0 Å². The van der Waals surface area contributed by atoms with Crippen LogP contribution in [0.15, 0.2) is 12.3 Å². The van der Waals surface area contributed by atoms with Gasteiger partial charge in [0, 0.05) is 29.8 Å². The number of ether oxygens (including phenoxy) is 1. The SMILES string of the molecule is NC/C=C1\CCc2ncc3c(c21)CCO3. The Morgan fingerprint density at radius 1 is 1.40 bits per heavy atom. The summed E-state index contributed by atoms with van der Waals surface area (Å²) in [7, 11) is 0. The normalized spacial score (nSPS) is 20.2. The van der Waals surface area contributed by atoms with Crippen molar-refractivity contribution < 1.29 is 4.74 Å². The van der Waals surface area contributed by atoms with Gasteiger partial charge in [0.2, 0.25) is 0 Å². The summed E-state index contributed by atoms with van der Waals surface area (Å²) in [5.74, 6) is 0.971. The fourth-order valence-electron chi connectivity index (χ4n) is 2.51. The number of hydrogen-bond donors (Lipinski definition) is 1. The summed E-state index contributed by atoms with van der Waals surface area (Å²) in [6, 6.07) is 0. The second kappa shape index (κ2) is 3.35. The van der Waals surface area contributed by atoms with Gasteiger partial charge in [0.15, 0.2) is 0 Å². The highest BCUT2D eigenvalue weighted by molar-refractivity contribution is 5.75. The van der Waals surface area contributed by atoms with Crippen LogP contribution >= 0.6 is 0 Å². The van der Waals surface area contributed by atoms with Gasteiger partial charge in [-0.25, -0.2) is 0 Å². The molecule has 3 heteroatoms. The second-order valence-electron chi connectivity index (χ2n) is 3.99. The second-order valence-corrected chi connectivity index (χ2v) is 3.99. The predicted molar refractivity (Wildman–Crippen MR) is 58.8 cm³/mol. The summed E-state index contributed by atoms with van der Waals surface area (Å²) in [5.41, 5.74) is 10.8. The lowest BCUT2D eigenvalue weighted by Gasteiger charge is -2.06. The average Bonchev–Trinajstić information content (AvgIpc) is 2.83. The summed E-state index contributed by atoms with van der Waals surface area (Å²) in [5, 5.41) is 0. The number of pyridine rings is 1. The molecule has 2 N–H and O–H groups in total. The van der Waals surface area contributed by atoms with Crippen LogP contribution in [0.4, 0.5) is 0 Å². The van der Waals surface area contributed by atoms with Crippen LogP contribution in [0.5, 0.6) is 5.75 Å². The molecule has 0 radical (unpaired) electrons. The highest BCUT2D eigenvalue weighted by Gasteiger charge is 2.26. The third-order valence-corrected chi connectivity index (χ3v) is 3.15. The molecule has 0 amide bonds. The van der Waals surface area contributed by atoms with Crippen LogP contribution in [0.25, 0.3) is 5.57 Å². The van der Waals surface area contributed by atoms with Crippen molar-refractivity contribution >= 4 is 5.57 Å². The van der Waals surface area contributed by atoms with Gasteiger partial charge in [-0.1, -0.05) is 6.08 Å². The molecule has 1 aliphatic carbocycles. The van der Waals surface area contributed by atoms with Gasteiger partial charge in [-0.2, -0.15) is 0 Å². The van der Waals surface area contributed by atoms with E-state index < -0.39 is 0 Å². The van der Waals surface area contributed by atoms with Crippen LogP contribution < -0.4 is 10.5 Å². The molecule has 0 atom stereocenters. The molecular formula is C12H14N2O. The van der Waals surface area contributed by atoms with Gasteiger partial charge in [-0.05, 0) is 18.4 Å². The van der Waals surface area contributed by atoms with E-state index in [0.29, 0.717) is 6.54 Å². The van der Waals surface area contributed by atoms with Gasteiger partial charge in [-0.3, -0.25) is 4.98 Å². The quantitative estimate of drug-likeness (QED) is 0.746. The van der Waals surface area contributed by atoms with Crippen LogP contribution in [0.3, 0.4) is 0 Å². The Balaban J connectivity index is 2.18. The zero-order valence-corrected chi connectivity index (χ0v) is 8.62. The molecule has 2 aliphatic rings. The van der Waals surface area contributed by atoms with Crippen molar-refractivity contribution in [2.75, 3.05) is 13.2 Å². The van der Waals surface area contributed by atoms with Gasteiger partial charge >= 0.3 is 0 Å². The number of hydrogen-bond acceptors (Lipinski definition) is 3. The lowest BCUT2D eigenvalue weighted by atomic mass is 10.0. The van der Waals surface area contributed by atoms with E-state index in [9.17, 15) is 0 Å². The fourth-order valence-corrected chi connectivity index (χ4v) is 2.51. The van der Waals surface area contributed by atoms with Gasteiger partial charge in [0.25, 0.3) is 0 Å². The Morgan fingerprint density at radius 3 is 3.20 bits per heavy atom. The summed E-state index contributed by atoms with van der Waals surface area (Å²) in [6.45, 7) is 1.41. The van der Waals surface area contributed by atoms with E-state index in [1.165, 1.54) is 22.4 Å². The Bertz CT molecular complexity index is 437. The highest BCUT2D eigenvalue weighted by atomic mass is 16.5. The predicted octanol–water partition coefficient (Wildman–Crippen LogP) is 1.30. The van der Waals surface area contributed by atoms with E-state index in [0.717, 1.165) is 31.6 Å². The highest BCUT2D eigenvalue weighted by Crippen LogP contribution is 2.39. The first-order valence-corrected chi connectivity index (χ1v) is 5.43. The zero-order valence-electron chi connectivity index (χ0n) is 8.62. The number of allylic oxidation sites excluding steroid dienone is 1. The Morgan fingerprint density at radius 2 is 2.33 bits per heavy atom. The average molecular weight is 202 g/mol. The minimum absolute atomic E-state index is 0.610. The molecule has 2 heterocycles. The largest absolute Gasteiger partial charge is 0.491 e. The maximum atomic E-state index is 5.58.